The summed E-state index contributed by atoms with van der Waals surface area (Å²) in [6, 6.07) is 20.3. The largest absolute Gasteiger partial charge is 0.379 e. The van der Waals surface area contributed by atoms with Crippen LogP contribution in [0.2, 0.25) is 0 Å². The van der Waals surface area contributed by atoms with Crippen LogP contribution in [0, 0.1) is 0 Å². The van der Waals surface area contributed by atoms with Gasteiger partial charge in [-0.15, -0.1) is 10.2 Å². The van der Waals surface area contributed by atoms with Gasteiger partial charge < -0.3 is 10.1 Å². The van der Waals surface area contributed by atoms with E-state index in [4.69, 9.17) is 4.74 Å². The second kappa shape index (κ2) is 11.8. The molecule has 1 fully saturated rings. The minimum Gasteiger partial charge on any atom is -0.379 e. The third-order valence-electron chi connectivity index (χ3n) is 5.33. The number of nitrogens with one attached hydrogen (secondary N) is 1. The molecule has 1 aliphatic rings. The minimum atomic E-state index is 0.0178. The molecule has 0 saturated carbocycles. The van der Waals surface area contributed by atoms with Gasteiger partial charge in [0, 0.05) is 31.7 Å². The second-order valence-electron chi connectivity index (χ2n) is 7.68. The van der Waals surface area contributed by atoms with E-state index in [0.717, 1.165) is 55.9 Å². The van der Waals surface area contributed by atoms with Crippen LogP contribution in [0.25, 0.3) is 5.69 Å². The molecule has 0 unspecified atom stereocenters. The van der Waals surface area contributed by atoms with Crippen molar-refractivity contribution in [1.82, 2.24) is 25.0 Å². The highest BCUT2D eigenvalue weighted by molar-refractivity contribution is 7.99. The summed E-state index contributed by atoms with van der Waals surface area (Å²) >= 11 is 1.42. The molecule has 4 rings (SSSR count). The summed E-state index contributed by atoms with van der Waals surface area (Å²) in [5.74, 6) is 1.19. The van der Waals surface area contributed by atoms with Crippen LogP contribution in [0.3, 0.4) is 0 Å². The van der Waals surface area contributed by atoms with Crippen LogP contribution < -0.4 is 5.32 Å². The lowest BCUT2D eigenvalue weighted by Gasteiger charge is -2.26. The lowest BCUT2D eigenvalue weighted by atomic mass is 10.1. The maximum Gasteiger partial charge on any atom is 0.230 e. The number of morpholine rings is 1. The van der Waals surface area contributed by atoms with E-state index in [0.29, 0.717) is 18.7 Å². The van der Waals surface area contributed by atoms with Gasteiger partial charge in [-0.1, -0.05) is 60.3 Å². The zero-order valence-electron chi connectivity index (χ0n) is 18.2. The molecule has 1 amide bonds. The molecule has 168 valence electrons. The first-order chi connectivity index (χ1) is 15.8. The highest BCUT2D eigenvalue weighted by Gasteiger charge is 2.16. The van der Waals surface area contributed by atoms with Crippen molar-refractivity contribution >= 4 is 17.7 Å². The molecule has 3 aromatic rings. The van der Waals surface area contributed by atoms with E-state index < -0.39 is 0 Å². The number of nitrogens with zero attached hydrogens (tertiary/aromatic N) is 4. The highest BCUT2D eigenvalue weighted by Crippen LogP contribution is 2.23. The SMILES string of the molecule is O=C(CSc1nnc(Cc2ccccc2)n1-c1ccccc1)NCCCN1CCOCC1. The molecule has 8 heteroatoms. The molecule has 0 aliphatic carbocycles. The van der Waals surface area contributed by atoms with Gasteiger partial charge in [-0.3, -0.25) is 14.3 Å². The highest BCUT2D eigenvalue weighted by atomic mass is 32.2. The van der Waals surface area contributed by atoms with Crippen LogP contribution in [-0.4, -0.2) is 70.7 Å². The Kier molecular flexibility index (Phi) is 8.30. The molecule has 2 heterocycles. The fourth-order valence-electron chi connectivity index (χ4n) is 3.66. The van der Waals surface area contributed by atoms with E-state index in [-0.39, 0.29) is 5.91 Å². The Labute approximate surface area is 193 Å². The number of hydrogen-bond acceptors (Lipinski definition) is 6. The monoisotopic (exact) mass is 451 g/mol. The van der Waals surface area contributed by atoms with Crippen molar-refractivity contribution in [2.24, 2.45) is 0 Å². The van der Waals surface area contributed by atoms with Gasteiger partial charge in [-0.2, -0.15) is 0 Å². The molecule has 32 heavy (non-hydrogen) atoms. The van der Waals surface area contributed by atoms with Crippen molar-refractivity contribution in [2.45, 2.75) is 18.0 Å². The van der Waals surface area contributed by atoms with E-state index in [1.807, 2.05) is 53.1 Å². The second-order valence-corrected chi connectivity index (χ2v) is 8.62. The molecular weight excluding hydrogens is 422 g/mol. The molecule has 0 bridgehead atoms. The van der Waals surface area contributed by atoms with Gasteiger partial charge in [-0.05, 0) is 30.7 Å². The lowest BCUT2D eigenvalue weighted by Crippen LogP contribution is -2.38. The molecule has 0 atom stereocenters. The fourth-order valence-corrected chi connectivity index (χ4v) is 4.46. The fraction of sp³-hybridized carbons (Fsp3) is 0.375. The van der Waals surface area contributed by atoms with E-state index in [1.165, 1.54) is 17.3 Å². The predicted molar refractivity (Wildman–Crippen MR) is 126 cm³/mol. The first kappa shape index (κ1) is 22.5. The third-order valence-corrected chi connectivity index (χ3v) is 6.26. The van der Waals surface area contributed by atoms with Gasteiger partial charge in [0.2, 0.25) is 5.91 Å². The van der Waals surface area contributed by atoms with Crippen LogP contribution in [0.15, 0.2) is 65.8 Å². The topological polar surface area (TPSA) is 72.3 Å². The van der Waals surface area contributed by atoms with Crippen molar-refractivity contribution in [3.63, 3.8) is 0 Å². The van der Waals surface area contributed by atoms with Crippen LogP contribution >= 0.6 is 11.8 Å². The number of carbonyl (C=O) groups is 1. The molecular formula is C24H29N5O2S. The van der Waals surface area contributed by atoms with Gasteiger partial charge in [0.15, 0.2) is 5.16 Å². The quantitative estimate of drug-likeness (QED) is 0.378. The van der Waals surface area contributed by atoms with Gasteiger partial charge in [-0.25, -0.2) is 0 Å². The number of benzene rings is 2. The number of para-hydroxylation sites is 1. The van der Waals surface area contributed by atoms with Gasteiger partial charge in [0.05, 0.1) is 19.0 Å². The summed E-state index contributed by atoms with van der Waals surface area (Å²) in [7, 11) is 0. The van der Waals surface area contributed by atoms with E-state index >= 15 is 0 Å². The zero-order chi connectivity index (χ0) is 22.0. The average Bonchev–Trinajstić information content (AvgIpc) is 3.24. The molecule has 7 nitrogen and oxygen atoms in total. The standard InChI is InChI=1S/C24H29N5O2S/c30-23(25-12-7-13-28-14-16-31-17-15-28)19-32-24-27-26-22(18-20-8-3-1-4-9-20)29(24)21-10-5-2-6-11-21/h1-6,8-11H,7,12-19H2,(H,25,30). The summed E-state index contributed by atoms with van der Waals surface area (Å²) in [6.45, 7) is 5.23. The molecule has 1 aromatic heterocycles. The maximum atomic E-state index is 12.4. The Morgan fingerprint density at radius 1 is 1.00 bits per heavy atom. The first-order valence-electron chi connectivity index (χ1n) is 11.0. The Balaban J connectivity index is 1.34. The molecule has 1 aliphatic heterocycles. The average molecular weight is 452 g/mol. The lowest BCUT2D eigenvalue weighted by molar-refractivity contribution is -0.118. The number of hydrogen-bond donors (Lipinski definition) is 1. The number of aromatic nitrogens is 3. The summed E-state index contributed by atoms with van der Waals surface area (Å²) in [5, 5.41) is 12.6. The van der Waals surface area contributed by atoms with Crippen molar-refractivity contribution in [1.29, 1.82) is 0 Å². The van der Waals surface area contributed by atoms with Crippen LogP contribution in [0.1, 0.15) is 17.8 Å². The third kappa shape index (κ3) is 6.41. The Morgan fingerprint density at radius 2 is 1.72 bits per heavy atom. The van der Waals surface area contributed by atoms with Gasteiger partial charge in [0.1, 0.15) is 5.82 Å². The Morgan fingerprint density at radius 3 is 2.47 bits per heavy atom. The summed E-state index contributed by atoms with van der Waals surface area (Å²) in [5.41, 5.74) is 2.17. The number of carbonyl (C=O) groups excluding carboxylic acids is 1. The van der Waals surface area contributed by atoms with Crippen LogP contribution in [0.5, 0.6) is 0 Å². The maximum absolute atomic E-state index is 12.4. The van der Waals surface area contributed by atoms with Crippen molar-refractivity contribution in [2.75, 3.05) is 45.1 Å². The number of thioether (sulfide) groups is 1. The molecule has 0 radical (unpaired) electrons. The molecule has 1 saturated heterocycles. The van der Waals surface area contributed by atoms with Gasteiger partial charge in [0.25, 0.3) is 0 Å². The normalized spacial score (nSPS) is 14.4. The number of ether oxygens (including phenoxy) is 1. The Hall–Kier alpha value is -2.68. The molecule has 1 N–H and O–H groups in total. The van der Waals surface area contributed by atoms with E-state index in [2.05, 4.69) is 32.5 Å². The van der Waals surface area contributed by atoms with Crippen molar-refractivity contribution in [3.8, 4) is 5.69 Å². The first-order valence-corrected chi connectivity index (χ1v) is 12.0. The summed E-state index contributed by atoms with van der Waals surface area (Å²) < 4.78 is 7.41. The molecule has 0 spiro atoms. The zero-order valence-corrected chi connectivity index (χ0v) is 19.0. The van der Waals surface area contributed by atoms with E-state index in [9.17, 15) is 4.79 Å². The van der Waals surface area contributed by atoms with Gasteiger partial charge >= 0.3 is 0 Å². The molecule has 2 aromatic carbocycles. The number of rotatable bonds is 10. The summed E-state index contributed by atoms with van der Waals surface area (Å²) in [6.07, 6.45) is 1.62. The number of amides is 1. The van der Waals surface area contributed by atoms with E-state index in [1.54, 1.807) is 0 Å². The van der Waals surface area contributed by atoms with Crippen molar-refractivity contribution in [3.05, 3.63) is 72.1 Å². The van der Waals surface area contributed by atoms with Crippen molar-refractivity contribution < 1.29 is 9.53 Å². The van der Waals surface area contributed by atoms with Crippen LogP contribution in [-0.2, 0) is 16.0 Å². The predicted octanol–water partition coefficient (Wildman–Crippen LogP) is 2.79. The summed E-state index contributed by atoms with van der Waals surface area (Å²) in [4.78, 5) is 14.8. The Bertz CT molecular complexity index is 975. The van der Waals surface area contributed by atoms with Crippen LogP contribution in [0.4, 0.5) is 0 Å². The minimum absolute atomic E-state index is 0.0178. The smallest absolute Gasteiger partial charge is 0.230 e.